The molecular formula is C15H21NO5. The Bertz CT molecular complexity index is 509. The normalized spacial score (nSPS) is 15.8. The molecule has 116 valence electrons. The molecule has 1 aromatic carbocycles. The van der Waals surface area contributed by atoms with Gasteiger partial charge in [0.15, 0.2) is 0 Å². The van der Waals surface area contributed by atoms with Crippen molar-refractivity contribution in [1.29, 1.82) is 0 Å². The fraction of sp³-hybridized carbons (Fsp3) is 0.467. The molecule has 6 nitrogen and oxygen atoms in total. The van der Waals surface area contributed by atoms with Gasteiger partial charge < -0.3 is 14.9 Å². The van der Waals surface area contributed by atoms with Crippen LogP contribution in [0.15, 0.2) is 30.3 Å². The number of amides is 1. The molecule has 0 saturated heterocycles. The van der Waals surface area contributed by atoms with Gasteiger partial charge >= 0.3 is 12.1 Å². The van der Waals surface area contributed by atoms with Crippen LogP contribution in [0.2, 0.25) is 0 Å². The molecule has 1 amide bonds. The number of carbonyl (C=O) groups is 2. The van der Waals surface area contributed by atoms with Crippen molar-refractivity contribution < 1.29 is 24.5 Å². The summed E-state index contributed by atoms with van der Waals surface area (Å²) < 4.78 is 5.62. The van der Waals surface area contributed by atoms with Crippen LogP contribution in [-0.2, 0) is 9.53 Å². The molecule has 0 saturated carbocycles. The molecule has 0 aliphatic rings. The largest absolute Gasteiger partial charge is 0.478 e. The van der Waals surface area contributed by atoms with Gasteiger partial charge in [0.05, 0.1) is 5.60 Å². The number of carboxylic acids is 1. The van der Waals surface area contributed by atoms with Crippen LogP contribution in [-0.4, -0.2) is 33.6 Å². The number of nitrogens with one attached hydrogen (secondary N) is 1. The lowest BCUT2D eigenvalue weighted by Crippen LogP contribution is -2.62. The first kappa shape index (κ1) is 17.0. The molecule has 3 N–H and O–H groups in total. The topological polar surface area (TPSA) is 95.9 Å². The van der Waals surface area contributed by atoms with E-state index < -0.39 is 29.3 Å². The van der Waals surface area contributed by atoms with Crippen molar-refractivity contribution in [1.82, 2.24) is 5.32 Å². The number of ether oxygens (including phenoxy) is 1. The molecule has 0 aliphatic heterocycles. The van der Waals surface area contributed by atoms with E-state index in [9.17, 15) is 14.7 Å². The van der Waals surface area contributed by atoms with E-state index in [1.54, 1.807) is 58.0 Å². The Morgan fingerprint density at radius 3 is 2.05 bits per heavy atom. The third-order valence-electron chi connectivity index (χ3n) is 2.99. The molecule has 1 rings (SSSR count). The lowest BCUT2D eigenvalue weighted by molar-refractivity contribution is -0.195. The third kappa shape index (κ3) is 4.19. The van der Waals surface area contributed by atoms with Crippen molar-refractivity contribution in [2.75, 3.05) is 0 Å². The van der Waals surface area contributed by atoms with Crippen LogP contribution in [0, 0.1) is 0 Å². The molecule has 0 aromatic heterocycles. The smallest absolute Gasteiger partial charge is 0.407 e. The van der Waals surface area contributed by atoms with Crippen molar-refractivity contribution in [3.8, 4) is 0 Å². The Morgan fingerprint density at radius 1 is 1.14 bits per heavy atom. The molecule has 0 heterocycles. The first-order chi connectivity index (χ1) is 9.58. The van der Waals surface area contributed by atoms with Crippen LogP contribution >= 0.6 is 0 Å². The van der Waals surface area contributed by atoms with E-state index >= 15 is 0 Å². The molecule has 0 fully saturated rings. The molecular weight excluding hydrogens is 274 g/mol. The second-order valence-corrected chi connectivity index (χ2v) is 5.82. The van der Waals surface area contributed by atoms with Gasteiger partial charge in [-0.25, -0.2) is 9.59 Å². The van der Waals surface area contributed by atoms with Gasteiger partial charge in [0.25, 0.3) is 0 Å². The molecule has 0 aliphatic carbocycles. The quantitative estimate of drug-likeness (QED) is 0.726. The molecule has 0 bridgehead atoms. The first-order valence-electron chi connectivity index (χ1n) is 6.58. The van der Waals surface area contributed by atoms with E-state index in [0.717, 1.165) is 0 Å². The SMILES string of the molecule is C[C@@H](c1ccccc1)[C@](NC(=O)O)(OC(C)(C)C)C(=O)O. The average molecular weight is 295 g/mol. The molecule has 2 atom stereocenters. The van der Waals surface area contributed by atoms with E-state index in [4.69, 9.17) is 9.84 Å². The summed E-state index contributed by atoms with van der Waals surface area (Å²) in [5.74, 6) is -2.09. The standard InChI is InChI=1S/C15H21NO5/c1-10(11-8-6-5-7-9-11)15(12(17)18,16-13(19)20)21-14(2,3)4/h5-10,16H,1-4H3,(H,17,18)(H,19,20)/t10-,15-/m0/s1. The lowest BCUT2D eigenvalue weighted by atomic mass is 9.89. The monoisotopic (exact) mass is 295 g/mol. The number of hydrogen-bond donors (Lipinski definition) is 3. The fourth-order valence-electron chi connectivity index (χ4n) is 2.12. The molecule has 0 spiro atoms. The lowest BCUT2D eigenvalue weighted by Gasteiger charge is -2.39. The highest BCUT2D eigenvalue weighted by molar-refractivity contribution is 5.83. The minimum absolute atomic E-state index is 0.665. The van der Waals surface area contributed by atoms with Gasteiger partial charge in [0.1, 0.15) is 0 Å². The van der Waals surface area contributed by atoms with E-state index in [1.807, 2.05) is 5.32 Å². The van der Waals surface area contributed by atoms with Crippen molar-refractivity contribution in [2.45, 2.75) is 44.9 Å². The molecule has 0 radical (unpaired) electrons. The summed E-state index contributed by atoms with van der Waals surface area (Å²) in [4.78, 5) is 22.9. The van der Waals surface area contributed by atoms with Gasteiger partial charge in [0, 0.05) is 5.92 Å². The maximum absolute atomic E-state index is 11.8. The summed E-state index contributed by atoms with van der Waals surface area (Å²) in [5.41, 5.74) is -2.24. The van der Waals surface area contributed by atoms with Crippen LogP contribution in [0.1, 0.15) is 39.2 Å². The van der Waals surface area contributed by atoms with Crippen LogP contribution in [0.3, 0.4) is 0 Å². The minimum Gasteiger partial charge on any atom is -0.478 e. The summed E-state index contributed by atoms with van der Waals surface area (Å²) in [6, 6.07) is 8.79. The van der Waals surface area contributed by atoms with Gasteiger partial charge in [-0.2, -0.15) is 0 Å². The van der Waals surface area contributed by atoms with E-state index in [-0.39, 0.29) is 0 Å². The highest BCUT2D eigenvalue weighted by Crippen LogP contribution is 2.33. The molecule has 1 aromatic rings. The summed E-state index contributed by atoms with van der Waals surface area (Å²) in [6.45, 7) is 6.63. The number of aliphatic carboxylic acids is 1. The summed E-state index contributed by atoms with van der Waals surface area (Å²) in [7, 11) is 0. The van der Waals surface area contributed by atoms with Crippen LogP contribution < -0.4 is 5.32 Å². The number of rotatable bonds is 5. The highest BCUT2D eigenvalue weighted by atomic mass is 16.6. The first-order valence-corrected chi connectivity index (χ1v) is 6.58. The third-order valence-corrected chi connectivity index (χ3v) is 2.99. The van der Waals surface area contributed by atoms with Crippen LogP contribution in [0.5, 0.6) is 0 Å². The Morgan fingerprint density at radius 2 is 1.67 bits per heavy atom. The van der Waals surface area contributed by atoms with Gasteiger partial charge in [-0.1, -0.05) is 37.3 Å². The zero-order chi connectivity index (χ0) is 16.3. The van der Waals surface area contributed by atoms with Crippen molar-refractivity contribution in [3.63, 3.8) is 0 Å². The number of hydrogen-bond acceptors (Lipinski definition) is 3. The highest BCUT2D eigenvalue weighted by Gasteiger charge is 2.50. The maximum atomic E-state index is 11.8. The number of benzene rings is 1. The van der Waals surface area contributed by atoms with Crippen molar-refractivity contribution in [2.24, 2.45) is 0 Å². The Balaban J connectivity index is 3.33. The predicted molar refractivity (Wildman–Crippen MR) is 77.2 cm³/mol. The Labute approximate surface area is 123 Å². The van der Waals surface area contributed by atoms with E-state index in [0.29, 0.717) is 5.56 Å². The van der Waals surface area contributed by atoms with Gasteiger partial charge in [-0.05, 0) is 26.3 Å². The zero-order valence-electron chi connectivity index (χ0n) is 12.6. The van der Waals surface area contributed by atoms with E-state index in [1.165, 1.54) is 0 Å². The summed E-state index contributed by atoms with van der Waals surface area (Å²) >= 11 is 0. The fourth-order valence-corrected chi connectivity index (χ4v) is 2.12. The summed E-state index contributed by atoms with van der Waals surface area (Å²) in [6.07, 6.45) is -1.45. The maximum Gasteiger partial charge on any atom is 0.407 e. The second-order valence-electron chi connectivity index (χ2n) is 5.82. The predicted octanol–water partition coefficient (Wildman–Crippen LogP) is 2.65. The number of carboxylic acid groups (broad SMARTS) is 2. The molecule has 21 heavy (non-hydrogen) atoms. The molecule has 0 unspecified atom stereocenters. The van der Waals surface area contributed by atoms with Crippen LogP contribution in [0.25, 0.3) is 0 Å². The van der Waals surface area contributed by atoms with E-state index in [2.05, 4.69) is 0 Å². The van der Waals surface area contributed by atoms with Gasteiger partial charge in [0.2, 0.25) is 5.72 Å². The minimum atomic E-state index is -2.06. The Hall–Kier alpha value is -2.08. The van der Waals surface area contributed by atoms with Crippen molar-refractivity contribution >= 4 is 12.1 Å². The van der Waals surface area contributed by atoms with Gasteiger partial charge in [-0.3, -0.25) is 5.32 Å². The Kier molecular flexibility index (Phi) is 4.96. The second kappa shape index (κ2) is 6.13. The van der Waals surface area contributed by atoms with Crippen LogP contribution in [0.4, 0.5) is 4.79 Å². The zero-order valence-corrected chi connectivity index (χ0v) is 12.6. The molecule has 6 heteroatoms. The average Bonchev–Trinajstić information content (AvgIpc) is 2.35. The summed E-state index contributed by atoms with van der Waals surface area (Å²) in [5, 5.41) is 20.7. The van der Waals surface area contributed by atoms with Crippen molar-refractivity contribution in [3.05, 3.63) is 35.9 Å². The van der Waals surface area contributed by atoms with Gasteiger partial charge in [-0.15, -0.1) is 0 Å².